The van der Waals surface area contributed by atoms with Crippen LogP contribution in [0.25, 0.3) is 0 Å². The summed E-state index contributed by atoms with van der Waals surface area (Å²) in [6.07, 6.45) is 0.116. The lowest BCUT2D eigenvalue weighted by Gasteiger charge is -2.16. The highest BCUT2D eigenvalue weighted by molar-refractivity contribution is 14.1. The van der Waals surface area contributed by atoms with E-state index in [0.29, 0.717) is 6.61 Å². The SMILES string of the molecule is COc1ccc(COC(CI)c2ccc(Br)cc2)cc1. The molecule has 0 heterocycles. The Bertz CT molecular complexity index is 525. The Hall–Kier alpha value is -0.590. The lowest BCUT2D eigenvalue weighted by atomic mass is 10.1. The Labute approximate surface area is 141 Å². The third-order valence-electron chi connectivity index (χ3n) is 2.99. The molecule has 106 valence electrons. The van der Waals surface area contributed by atoms with Gasteiger partial charge in [-0.05, 0) is 35.4 Å². The van der Waals surface area contributed by atoms with E-state index in [1.54, 1.807) is 7.11 Å². The molecule has 0 fully saturated rings. The zero-order chi connectivity index (χ0) is 14.4. The normalized spacial score (nSPS) is 12.2. The molecule has 4 heteroatoms. The maximum atomic E-state index is 6.01. The smallest absolute Gasteiger partial charge is 0.118 e. The van der Waals surface area contributed by atoms with Gasteiger partial charge in [0, 0.05) is 8.90 Å². The number of benzene rings is 2. The van der Waals surface area contributed by atoms with Crippen molar-refractivity contribution in [1.29, 1.82) is 0 Å². The zero-order valence-corrected chi connectivity index (χ0v) is 14.9. The number of ether oxygens (including phenoxy) is 2. The predicted molar refractivity (Wildman–Crippen MR) is 93.6 cm³/mol. The van der Waals surface area contributed by atoms with Gasteiger partial charge in [0.05, 0.1) is 19.8 Å². The van der Waals surface area contributed by atoms with Crippen LogP contribution in [0.1, 0.15) is 17.2 Å². The number of hydrogen-bond donors (Lipinski definition) is 0. The summed E-state index contributed by atoms with van der Waals surface area (Å²) >= 11 is 5.81. The second-order valence-corrected chi connectivity index (χ2v) is 6.15. The van der Waals surface area contributed by atoms with E-state index in [1.807, 2.05) is 36.4 Å². The Morgan fingerprint density at radius 1 is 1.05 bits per heavy atom. The Kier molecular flexibility index (Phi) is 6.32. The Morgan fingerprint density at radius 3 is 2.25 bits per heavy atom. The molecule has 0 spiro atoms. The summed E-state index contributed by atoms with van der Waals surface area (Å²) in [6, 6.07) is 16.3. The van der Waals surface area contributed by atoms with Gasteiger partial charge in [0.2, 0.25) is 0 Å². The van der Waals surface area contributed by atoms with E-state index >= 15 is 0 Å². The van der Waals surface area contributed by atoms with Crippen molar-refractivity contribution in [2.75, 3.05) is 11.5 Å². The summed E-state index contributed by atoms with van der Waals surface area (Å²) in [6.45, 7) is 0.605. The van der Waals surface area contributed by atoms with E-state index in [0.717, 1.165) is 20.2 Å². The molecule has 2 nitrogen and oxygen atoms in total. The van der Waals surface area contributed by atoms with Gasteiger partial charge >= 0.3 is 0 Å². The zero-order valence-electron chi connectivity index (χ0n) is 11.2. The second kappa shape index (κ2) is 8.00. The van der Waals surface area contributed by atoms with Crippen LogP contribution in [0, 0.1) is 0 Å². The highest BCUT2D eigenvalue weighted by Gasteiger charge is 2.10. The number of methoxy groups -OCH3 is 1. The minimum Gasteiger partial charge on any atom is -0.497 e. The molecule has 2 aromatic rings. The highest BCUT2D eigenvalue weighted by atomic mass is 127. The quantitative estimate of drug-likeness (QED) is 0.451. The number of alkyl halides is 1. The molecular weight excluding hydrogens is 431 g/mol. The third-order valence-corrected chi connectivity index (χ3v) is 4.32. The molecule has 1 unspecified atom stereocenters. The van der Waals surface area contributed by atoms with E-state index in [-0.39, 0.29) is 6.10 Å². The Morgan fingerprint density at radius 2 is 1.70 bits per heavy atom. The largest absolute Gasteiger partial charge is 0.497 e. The maximum Gasteiger partial charge on any atom is 0.118 e. The summed E-state index contributed by atoms with van der Waals surface area (Å²) < 4.78 is 13.2. The fraction of sp³-hybridized carbons (Fsp3) is 0.250. The van der Waals surface area contributed by atoms with Crippen molar-refractivity contribution in [3.8, 4) is 5.75 Å². The van der Waals surface area contributed by atoms with Crippen molar-refractivity contribution in [2.45, 2.75) is 12.7 Å². The van der Waals surface area contributed by atoms with Crippen molar-refractivity contribution in [2.24, 2.45) is 0 Å². The van der Waals surface area contributed by atoms with Crippen LogP contribution in [-0.2, 0) is 11.3 Å². The molecule has 0 aliphatic rings. The summed E-state index contributed by atoms with van der Waals surface area (Å²) in [5, 5.41) is 0. The van der Waals surface area contributed by atoms with Gasteiger partial charge in [0.15, 0.2) is 0 Å². The lowest BCUT2D eigenvalue weighted by molar-refractivity contribution is 0.0577. The molecule has 0 bridgehead atoms. The van der Waals surface area contributed by atoms with Crippen LogP contribution < -0.4 is 4.74 Å². The van der Waals surface area contributed by atoms with Crippen molar-refractivity contribution in [3.05, 3.63) is 64.1 Å². The fourth-order valence-corrected chi connectivity index (χ4v) is 2.85. The van der Waals surface area contributed by atoms with Gasteiger partial charge in [0.25, 0.3) is 0 Å². The molecule has 0 saturated heterocycles. The molecule has 0 N–H and O–H groups in total. The Balaban J connectivity index is 1.97. The molecule has 0 radical (unpaired) electrons. The number of rotatable bonds is 6. The van der Waals surface area contributed by atoms with Crippen LogP contribution >= 0.6 is 38.5 Å². The standard InChI is InChI=1S/C16H16BrIO2/c1-19-15-8-2-12(3-9-15)11-20-16(10-18)13-4-6-14(17)7-5-13/h2-9,16H,10-11H2,1H3. The van der Waals surface area contributed by atoms with Gasteiger partial charge in [-0.15, -0.1) is 0 Å². The summed E-state index contributed by atoms with van der Waals surface area (Å²) in [5.74, 6) is 0.868. The lowest BCUT2D eigenvalue weighted by Crippen LogP contribution is -2.05. The molecule has 2 aromatic carbocycles. The average molecular weight is 447 g/mol. The van der Waals surface area contributed by atoms with Gasteiger partial charge in [-0.25, -0.2) is 0 Å². The highest BCUT2D eigenvalue weighted by Crippen LogP contribution is 2.24. The second-order valence-electron chi connectivity index (χ2n) is 4.35. The average Bonchev–Trinajstić information content (AvgIpc) is 2.50. The van der Waals surface area contributed by atoms with E-state index < -0.39 is 0 Å². The van der Waals surface area contributed by atoms with Gasteiger partial charge < -0.3 is 9.47 Å². The van der Waals surface area contributed by atoms with Crippen molar-refractivity contribution < 1.29 is 9.47 Å². The van der Waals surface area contributed by atoms with E-state index in [1.165, 1.54) is 5.56 Å². The molecule has 1 atom stereocenters. The molecule has 0 aliphatic heterocycles. The first-order valence-electron chi connectivity index (χ1n) is 6.29. The molecular formula is C16H16BrIO2. The minimum atomic E-state index is 0.116. The minimum absolute atomic E-state index is 0.116. The molecule has 0 saturated carbocycles. The van der Waals surface area contributed by atoms with E-state index in [9.17, 15) is 0 Å². The van der Waals surface area contributed by atoms with Crippen LogP contribution in [0.3, 0.4) is 0 Å². The maximum absolute atomic E-state index is 6.01. The van der Waals surface area contributed by atoms with Gasteiger partial charge in [-0.2, -0.15) is 0 Å². The van der Waals surface area contributed by atoms with Crippen molar-refractivity contribution in [1.82, 2.24) is 0 Å². The van der Waals surface area contributed by atoms with Crippen LogP contribution in [0.15, 0.2) is 53.0 Å². The predicted octanol–water partition coefficient (Wildman–Crippen LogP) is 5.15. The molecule has 0 aliphatic carbocycles. The van der Waals surface area contributed by atoms with Crippen LogP contribution in [0.5, 0.6) is 5.75 Å². The summed E-state index contributed by atoms with van der Waals surface area (Å²) in [5.41, 5.74) is 2.36. The van der Waals surface area contributed by atoms with Crippen molar-refractivity contribution >= 4 is 38.5 Å². The van der Waals surface area contributed by atoms with Crippen molar-refractivity contribution in [3.63, 3.8) is 0 Å². The summed E-state index contributed by atoms with van der Waals surface area (Å²) in [4.78, 5) is 0. The summed E-state index contributed by atoms with van der Waals surface area (Å²) in [7, 11) is 1.67. The van der Waals surface area contributed by atoms with E-state index in [4.69, 9.17) is 9.47 Å². The molecule has 0 amide bonds. The number of halogens is 2. The van der Waals surface area contributed by atoms with E-state index in [2.05, 4.69) is 50.7 Å². The first kappa shape index (κ1) is 15.8. The van der Waals surface area contributed by atoms with Crippen LogP contribution in [-0.4, -0.2) is 11.5 Å². The van der Waals surface area contributed by atoms with Gasteiger partial charge in [0.1, 0.15) is 5.75 Å². The first-order chi connectivity index (χ1) is 9.72. The monoisotopic (exact) mass is 446 g/mol. The topological polar surface area (TPSA) is 18.5 Å². The third kappa shape index (κ3) is 4.46. The fourth-order valence-electron chi connectivity index (χ4n) is 1.83. The molecule has 2 rings (SSSR count). The van der Waals surface area contributed by atoms with Crippen LogP contribution in [0.2, 0.25) is 0 Å². The van der Waals surface area contributed by atoms with Crippen LogP contribution in [0.4, 0.5) is 0 Å². The van der Waals surface area contributed by atoms with Gasteiger partial charge in [-0.3, -0.25) is 0 Å². The van der Waals surface area contributed by atoms with Gasteiger partial charge in [-0.1, -0.05) is 62.8 Å². The molecule has 0 aromatic heterocycles. The molecule has 20 heavy (non-hydrogen) atoms. The first-order valence-corrected chi connectivity index (χ1v) is 8.60. The number of hydrogen-bond acceptors (Lipinski definition) is 2.